The maximum Gasteiger partial charge on any atom is 0.237 e. The molecule has 1 aromatic heterocycles. The van der Waals surface area contributed by atoms with Gasteiger partial charge in [0.05, 0.1) is 6.04 Å². The number of likely N-dealkylation sites (tertiary alicyclic amines) is 1. The summed E-state index contributed by atoms with van der Waals surface area (Å²) in [6, 6.07) is 26.1. The minimum absolute atomic E-state index is 0.0948. The molecule has 2 heterocycles. The molecule has 2 atom stereocenters. The Morgan fingerprint density at radius 3 is 2.47 bits per heavy atom. The van der Waals surface area contributed by atoms with E-state index in [-0.39, 0.29) is 18.0 Å². The van der Waals surface area contributed by atoms with Crippen LogP contribution >= 0.6 is 0 Å². The second-order valence-corrected chi connectivity index (χ2v) is 9.25. The van der Waals surface area contributed by atoms with Gasteiger partial charge < -0.3 is 15.2 Å². The van der Waals surface area contributed by atoms with Crippen molar-refractivity contribution in [1.82, 2.24) is 20.1 Å². The van der Waals surface area contributed by atoms with Crippen molar-refractivity contribution in [3.63, 3.8) is 0 Å². The van der Waals surface area contributed by atoms with Crippen LogP contribution in [0.1, 0.15) is 31.4 Å². The summed E-state index contributed by atoms with van der Waals surface area (Å²) in [5.41, 5.74) is 5.11. The number of fused-ring (bicyclic) bond motifs is 3. The van der Waals surface area contributed by atoms with Crippen molar-refractivity contribution in [1.29, 1.82) is 0 Å². The molecule has 0 unspecified atom stereocenters. The van der Waals surface area contributed by atoms with Crippen molar-refractivity contribution < 1.29 is 4.79 Å². The number of aryl methyl sites for hydroxylation is 1. The van der Waals surface area contributed by atoms with Gasteiger partial charge in [0.1, 0.15) is 0 Å². The van der Waals surface area contributed by atoms with E-state index < -0.39 is 0 Å². The van der Waals surface area contributed by atoms with E-state index in [0.29, 0.717) is 6.54 Å². The number of carbonyl (C=O) groups excluding carboxylic acids is 1. The highest BCUT2D eigenvalue weighted by Crippen LogP contribution is 2.30. The molecule has 0 bridgehead atoms. The molecule has 176 valence electrons. The Hall–Kier alpha value is -3.15. The lowest BCUT2D eigenvalue weighted by molar-refractivity contribution is -0.125. The van der Waals surface area contributed by atoms with Crippen LogP contribution in [0.2, 0.25) is 0 Å². The summed E-state index contributed by atoms with van der Waals surface area (Å²) in [5, 5.41) is 9.40. The molecule has 4 aromatic rings. The van der Waals surface area contributed by atoms with E-state index in [2.05, 4.69) is 93.8 Å². The minimum Gasteiger partial charge on any atom is -0.355 e. The fraction of sp³-hybridized carbons (Fsp3) is 0.345. The lowest BCUT2D eigenvalue weighted by atomic mass is 10.1. The predicted octanol–water partition coefficient (Wildman–Crippen LogP) is 4.68. The highest BCUT2D eigenvalue weighted by atomic mass is 16.2. The maximum atomic E-state index is 12.8. The topological polar surface area (TPSA) is 49.3 Å². The Morgan fingerprint density at radius 2 is 1.68 bits per heavy atom. The minimum atomic E-state index is -0.0948. The lowest BCUT2D eigenvalue weighted by Gasteiger charge is -2.23. The Kier molecular flexibility index (Phi) is 6.66. The van der Waals surface area contributed by atoms with E-state index in [1.54, 1.807) is 0 Å². The molecule has 5 nitrogen and oxygen atoms in total. The molecule has 3 aromatic carbocycles. The molecule has 1 aliphatic rings. The standard InChI is InChI=1S/C29H34N4O/c1-3-30-29(34)28-17-23(20-32(28)19-21-10-6-5-7-11-21)31-18-22-14-15-27-25(16-22)24-12-8-9-13-26(24)33(27)4-2/h5-16,23,28,31H,3-4,17-20H2,1-2H3,(H,30,34)/t23-,28-/m0/s1. The van der Waals surface area contributed by atoms with Crippen LogP contribution in [0.4, 0.5) is 0 Å². The first-order valence-corrected chi connectivity index (χ1v) is 12.5. The summed E-state index contributed by atoms with van der Waals surface area (Å²) in [5.74, 6) is 0.136. The number of aromatic nitrogens is 1. The van der Waals surface area contributed by atoms with Gasteiger partial charge in [-0.3, -0.25) is 9.69 Å². The van der Waals surface area contributed by atoms with Gasteiger partial charge in [-0.05, 0) is 49.6 Å². The highest BCUT2D eigenvalue weighted by Gasteiger charge is 2.36. The number of rotatable bonds is 8. The summed E-state index contributed by atoms with van der Waals surface area (Å²) in [4.78, 5) is 15.1. The summed E-state index contributed by atoms with van der Waals surface area (Å²) in [6.45, 7) is 8.27. The maximum absolute atomic E-state index is 12.8. The summed E-state index contributed by atoms with van der Waals surface area (Å²) in [6.07, 6.45) is 0.829. The second-order valence-electron chi connectivity index (χ2n) is 9.25. The zero-order valence-corrected chi connectivity index (χ0v) is 20.1. The molecule has 0 spiro atoms. The molecule has 2 N–H and O–H groups in total. The largest absolute Gasteiger partial charge is 0.355 e. The van der Waals surface area contributed by atoms with Crippen LogP contribution < -0.4 is 10.6 Å². The predicted molar refractivity (Wildman–Crippen MR) is 140 cm³/mol. The van der Waals surface area contributed by atoms with Gasteiger partial charge in [0, 0.05) is 60.6 Å². The summed E-state index contributed by atoms with van der Waals surface area (Å²) < 4.78 is 2.39. The number of hydrogen-bond acceptors (Lipinski definition) is 3. The zero-order valence-electron chi connectivity index (χ0n) is 20.1. The van der Waals surface area contributed by atoms with Gasteiger partial charge in [-0.2, -0.15) is 0 Å². The van der Waals surface area contributed by atoms with Crippen LogP contribution in [0, 0.1) is 0 Å². The quantitative estimate of drug-likeness (QED) is 0.406. The second kappa shape index (κ2) is 10.00. The molecule has 34 heavy (non-hydrogen) atoms. The lowest BCUT2D eigenvalue weighted by Crippen LogP contribution is -2.42. The fourth-order valence-electron chi connectivity index (χ4n) is 5.42. The number of likely N-dealkylation sites (N-methyl/N-ethyl adjacent to an activating group) is 1. The molecule has 5 heteroatoms. The smallest absolute Gasteiger partial charge is 0.237 e. The van der Waals surface area contributed by atoms with E-state index in [0.717, 1.165) is 32.6 Å². The van der Waals surface area contributed by atoms with Gasteiger partial charge in [-0.15, -0.1) is 0 Å². The Labute approximate surface area is 201 Å². The van der Waals surface area contributed by atoms with E-state index in [1.165, 1.54) is 32.9 Å². The van der Waals surface area contributed by atoms with Crippen LogP contribution in [0.3, 0.4) is 0 Å². The molecule has 1 aliphatic heterocycles. The average molecular weight is 455 g/mol. The number of hydrogen-bond donors (Lipinski definition) is 2. The normalized spacial score (nSPS) is 18.6. The van der Waals surface area contributed by atoms with Crippen molar-refractivity contribution in [2.45, 2.75) is 52.0 Å². The molecular formula is C29H34N4O. The zero-order chi connectivity index (χ0) is 23.5. The van der Waals surface area contributed by atoms with Crippen molar-refractivity contribution in [3.8, 4) is 0 Å². The molecule has 1 amide bonds. The molecule has 0 aliphatic carbocycles. The molecule has 1 fully saturated rings. The van der Waals surface area contributed by atoms with E-state index in [1.807, 2.05) is 13.0 Å². The third-order valence-corrected chi connectivity index (χ3v) is 7.03. The van der Waals surface area contributed by atoms with Gasteiger partial charge in [-0.1, -0.05) is 54.6 Å². The van der Waals surface area contributed by atoms with Crippen LogP contribution in [-0.2, 0) is 24.4 Å². The van der Waals surface area contributed by atoms with E-state index in [9.17, 15) is 4.79 Å². The van der Waals surface area contributed by atoms with Gasteiger partial charge in [0.25, 0.3) is 0 Å². The molecule has 0 saturated carbocycles. The third kappa shape index (κ3) is 4.46. The number of benzene rings is 3. The number of nitrogens with one attached hydrogen (secondary N) is 2. The summed E-state index contributed by atoms with van der Waals surface area (Å²) >= 11 is 0. The SMILES string of the molecule is CCNC(=O)[C@@H]1C[C@H](NCc2ccc3c(c2)c2ccccc2n3CC)CN1Cc1ccccc1. The van der Waals surface area contributed by atoms with Crippen molar-refractivity contribution in [3.05, 3.63) is 83.9 Å². The summed E-state index contributed by atoms with van der Waals surface area (Å²) in [7, 11) is 0. The fourth-order valence-corrected chi connectivity index (χ4v) is 5.42. The molecule has 0 radical (unpaired) electrons. The van der Waals surface area contributed by atoms with E-state index >= 15 is 0 Å². The van der Waals surface area contributed by atoms with Crippen LogP contribution in [0.5, 0.6) is 0 Å². The number of nitrogens with zero attached hydrogens (tertiary/aromatic N) is 2. The first kappa shape index (κ1) is 22.6. The highest BCUT2D eigenvalue weighted by molar-refractivity contribution is 6.08. The van der Waals surface area contributed by atoms with Crippen LogP contribution in [-0.4, -0.2) is 40.5 Å². The number of para-hydroxylation sites is 1. The number of amides is 1. The van der Waals surface area contributed by atoms with Gasteiger partial charge >= 0.3 is 0 Å². The van der Waals surface area contributed by atoms with Crippen molar-refractivity contribution in [2.24, 2.45) is 0 Å². The Bertz CT molecular complexity index is 1280. The van der Waals surface area contributed by atoms with E-state index in [4.69, 9.17) is 0 Å². The Balaban J connectivity index is 1.32. The first-order valence-electron chi connectivity index (χ1n) is 12.5. The third-order valence-electron chi connectivity index (χ3n) is 7.03. The van der Waals surface area contributed by atoms with Gasteiger partial charge in [0.15, 0.2) is 0 Å². The molecule has 5 rings (SSSR count). The van der Waals surface area contributed by atoms with Crippen LogP contribution in [0.15, 0.2) is 72.8 Å². The first-order chi connectivity index (χ1) is 16.7. The number of carbonyl (C=O) groups is 1. The van der Waals surface area contributed by atoms with Crippen molar-refractivity contribution >= 4 is 27.7 Å². The van der Waals surface area contributed by atoms with Gasteiger partial charge in [0.2, 0.25) is 5.91 Å². The van der Waals surface area contributed by atoms with Crippen LogP contribution in [0.25, 0.3) is 21.8 Å². The monoisotopic (exact) mass is 454 g/mol. The average Bonchev–Trinajstić information content (AvgIpc) is 3.41. The van der Waals surface area contributed by atoms with Gasteiger partial charge in [-0.25, -0.2) is 0 Å². The molecule has 1 saturated heterocycles. The van der Waals surface area contributed by atoms with Crippen molar-refractivity contribution in [2.75, 3.05) is 13.1 Å². The molecular weight excluding hydrogens is 420 g/mol. The Morgan fingerprint density at radius 1 is 0.912 bits per heavy atom.